The molecule has 0 spiro atoms. The van der Waals surface area contributed by atoms with Gasteiger partial charge in [-0.25, -0.2) is 0 Å². The number of ether oxygens (including phenoxy) is 1. The second kappa shape index (κ2) is 11.7. The van der Waals surface area contributed by atoms with Gasteiger partial charge in [0.2, 0.25) is 11.8 Å². The maximum atomic E-state index is 13.6. The molecule has 39 heavy (non-hydrogen) atoms. The third-order valence-electron chi connectivity index (χ3n) is 7.62. The van der Waals surface area contributed by atoms with Crippen molar-refractivity contribution in [3.05, 3.63) is 29.8 Å². The molecule has 0 aliphatic carbocycles. The normalized spacial score (nSPS) is 23.2. The van der Waals surface area contributed by atoms with Crippen molar-refractivity contribution in [2.45, 2.75) is 59.0 Å². The topological polar surface area (TPSA) is 134 Å². The van der Waals surface area contributed by atoms with Crippen LogP contribution in [0.15, 0.2) is 24.3 Å². The number of benzene rings is 1. The number of halogens is 3. The van der Waals surface area contributed by atoms with Crippen LogP contribution in [0.2, 0.25) is 0 Å². The summed E-state index contributed by atoms with van der Waals surface area (Å²) in [5.74, 6) is -5.12. The number of anilines is 1. The maximum Gasteiger partial charge on any atom is 0.522 e. The molecule has 1 aromatic rings. The van der Waals surface area contributed by atoms with Gasteiger partial charge in [0.1, 0.15) is 12.6 Å². The van der Waals surface area contributed by atoms with Crippen LogP contribution < -0.4 is 16.0 Å². The van der Waals surface area contributed by atoms with Gasteiger partial charge in [-0.15, -0.1) is 13.2 Å². The maximum absolute atomic E-state index is 13.6. The van der Waals surface area contributed by atoms with Gasteiger partial charge in [-0.3, -0.25) is 28.7 Å². The minimum Gasteiger partial charge on any atom is -0.356 e. The Labute approximate surface area is 224 Å². The summed E-state index contributed by atoms with van der Waals surface area (Å²) < 4.78 is 41.4. The van der Waals surface area contributed by atoms with E-state index < -0.39 is 59.9 Å². The number of nitrogens with zero attached hydrogens (tertiary/aromatic N) is 1. The van der Waals surface area contributed by atoms with Crippen LogP contribution >= 0.6 is 0 Å². The molecule has 4 atom stereocenters. The fraction of sp³-hybridized carbons (Fsp3) is 0.577. The molecule has 2 aliphatic rings. The Bertz CT molecular complexity index is 1140. The average Bonchev–Trinajstić information content (AvgIpc) is 3.36. The molecule has 0 bridgehead atoms. The molecular formula is C26H33F3N4O6. The van der Waals surface area contributed by atoms with E-state index in [0.717, 1.165) is 10.5 Å². The molecular weight excluding hydrogens is 521 g/mol. The number of nitrogens with one attached hydrogen (secondary N) is 3. The number of aryl methyl sites for hydroxylation is 1. The molecule has 3 N–H and O–H groups in total. The Hall–Kier alpha value is -3.48. The quantitative estimate of drug-likeness (QED) is 0.421. The van der Waals surface area contributed by atoms with Gasteiger partial charge in [-0.2, -0.15) is 0 Å². The number of carbonyl (C=O) groups is 5. The van der Waals surface area contributed by atoms with Gasteiger partial charge in [-0.1, -0.05) is 39.0 Å². The zero-order chi connectivity index (χ0) is 29.1. The summed E-state index contributed by atoms with van der Waals surface area (Å²) in [6.07, 6.45) is -4.96. The van der Waals surface area contributed by atoms with Crippen molar-refractivity contribution in [2.24, 2.45) is 17.3 Å². The lowest BCUT2D eigenvalue weighted by atomic mass is 9.77. The van der Waals surface area contributed by atoms with Crippen molar-refractivity contribution >= 4 is 35.1 Å². The molecule has 2 heterocycles. The Morgan fingerprint density at radius 3 is 2.46 bits per heavy atom. The monoisotopic (exact) mass is 554 g/mol. The number of amides is 4. The molecule has 1 aromatic carbocycles. The average molecular weight is 555 g/mol. The number of para-hydroxylation sites is 1. The third-order valence-corrected chi connectivity index (χ3v) is 7.62. The van der Waals surface area contributed by atoms with Crippen molar-refractivity contribution in [1.29, 1.82) is 0 Å². The highest BCUT2D eigenvalue weighted by atomic mass is 19.4. The first kappa shape index (κ1) is 30.1. The summed E-state index contributed by atoms with van der Waals surface area (Å²) in [6.45, 7) is 6.05. The van der Waals surface area contributed by atoms with Gasteiger partial charge in [0.15, 0.2) is 5.78 Å². The first-order valence-electron chi connectivity index (χ1n) is 12.6. The van der Waals surface area contributed by atoms with Gasteiger partial charge >= 0.3 is 18.2 Å². The lowest BCUT2D eigenvalue weighted by Crippen LogP contribution is -2.57. The molecule has 4 amide bonds. The highest BCUT2D eigenvalue weighted by molar-refractivity contribution is 6.40. The van der Waals surface area contributed by atoms with Crippen molar-refractivity contribution in [3.8, 4) is 0 Å². The Balaban J connectivity index is 1.82. The number of carbonyl (C=O) groups excluding carboxylic acids is 5. The van der Waals surface area contributed by atoms with Crippen molar-refractivity contribution in [1.82, 2.24) is 15.5 Å². The molecule has 214 valence electrons. The fourth-order valence-electron chi connectivity index (χ4n) is 4.94. The molecule has 0 aromatic heterocycles. The smallest absolute Gasteiger partial charge is 0.356 e. The molecule has 0 radical (unpaired) electrons. The fourth-order valence-corrected chi connectivity index (χ4v) is 4.94. The molecule has 2 aliphatic heterocycles. The van der Waals surface area contributed by atoms with E-state index in [9.17, 15) is 37.1 Å². The molecule has 10 nitrogen and oxygen atoms in total. The minimum absolute atomic E-state index is 0.0614. The van der Waals surface area contributed by atoms with Crippen molar-refractivity contribution < 1.29 is 41.9 Å². The summed E-state index contributed by atoms with van der Waals surface area (Å²) in [5.41, 5.74) is 0.290. The number of ketones is 1. The summed E-state index contributed by atoms with van der Waals surface area (Å²) >= 11 is 0. The van der Waals surface area contributed by atoms with Crippen LogP contribution in [-0.2, 0) is 28.7 Å². The number of alkyl halides is 3. The Morgan fingerprint density at radius 2 is 1.87 bits per heavy atom. The second-order valence-electron chi connectivity index (χ2n) is 10.6. The van der Waals surface area contributed by atoms with Gasteiger partial charge in [-0.05, 0) is 42.7 Å². The van der Waals surface area contributed by atoms with E-state index in [1.807, 2.05) is 0 Å². The van der Waals surface area contributed by atoms with E-state index in [0.29, 0.717) is 18.7 Å². The standard InChI is InChI=1S/C26H33F3N4O6/c1-14-7-5-6-8-17(14)31-23(37)24(38)33-12-15(2)25(3,4)20(33)22(36)32-18(11-16-9-10-30-21(16)35)19(34)13-39-26(27,28)29/h5-8,15-16,18,20H,9-13H2,1-4H3,(H,30,35)(H,31,37)(H,32,36)/t15-,16+,18+,20-/m1/s1. The van der Waals surface area contributed by atoms with Gasteiger partial charge < -0.3 is 20.9 Å². The number of likely N-dealkylation sites (tertiary alicyclic amines) is 1. The zero-order valence-corrected chi connectivity index (χ0v) is 22.2. The number of rotatable bonds is 8. The highest BCUT2D eigenvalue weighted by Gasteiger charge is 2.53. The Morgan fingerprint density at radius 1 is 1.21 bits per heavy atom. The van der Waals surface area contributed by atoms with Crippen LogP contribution in [0.3, 0.4) is 0 Å². The van der Waals surface area contributed by atoms with Crippen LogP contribution in [0, 0.1) is 24.2 Å². The zero-order valence-electron chi connectivity index (χ0n) is 22.2. The largest absolute Gasteiger partial charge is 0.522 e. The predicted molar refractivity (Wildman–Crippen MR) is 133 cm³/mol. The van der Waals surface area contributed by atoms with Crippen LogP contribution in [-0.4, -0.2) is 72.5 Å². The number of hydrogen-bond donors (Lipinski definition) is 3. The molecule has 2 fully saturated rings. The van der Waals surface area contributed by atoms with E-state index in [1.165, 1.54) is 0 Å². The third kappa shape index (κ3) is 7.14. The summed E-state index contributed by atoms with van der Waals surface area (Å²) in [7, 11) is 0. The van der Waals surface area contributed by atoms with Gasteiger partial charge in [0.05, 0.1) is 6.04 Å². The van der Waals surface area contributed by atoms with E-state index in [-0.39, 0.29) is 24.8 Å². The van der Waals surface area contributed by atoms with Crippen LogP contribution in [0.25, 0.3) is 0 Å². The van der Waals surface area contributed by atoms with Crippen LogP contribution in [0.1, 0.15) is 39.2 Å². The molecule has 13 heteroatoms. The first-order chi connectivity index (χ1) is 18.1. The molecule has 0 saturated carbocycles. The van der Waals surface area contributed by atoms with Crippen molar-refractivity contribution in [3.63, 3.8) is 0 Å². The SMILES string of the molecule is Cc1ccccc1NC(=O)C(=O)N1C[C@@H](C)C(C)(C)[C@H]1C(=O)N[C@@H](C[C@@H]1CCNC1=O)C(=O)COC(F)(F)F. The summed E-state index contributed by atoms with van der Waals surface area (Å²) in [4.78, 5) is 65.6. The van der Waals surface area contributed by atoms with E-state index >= 15 is 0 Å². The minimum atomic E-state index is -5.06. The second-order valence-corrected chi connectivity index (χ2v) is 10.6. The Kier molecular flexibility index (Phi) is 9.04. The predicted octanol–water partition coefficient (Wildman–Crippen LogP) is 1.92. The van der Waals surface area contributed by atoms with E-state index in [1.54, 1.807) is 52.0 Å². The molecule has 3 rings (SSSR count). The van der Waals surface area contributed by atoms with Gasteiger partial charge in [0.25, 0.3) is 0 Å². The lowest BCUT2D eigenvalue weighted by molar-refractivity contribution is -0.321. The van der Waals surface area contributed by atoms with Crippen LogP contribution in [0.5, 0.6) is 0 Å². The van der Waals surface area contributed by atoms with Gasteiger partial charge in [0, 0.05) is 24.7 Å². The summed E-state index contributed by atoms with van der Waals surface area (Å²) in [5, 5.41) is 7.59. The highest BCUT2D eigenvalue weighted by Crippen LogP contribution is 2.41. The lowest BCUT2D eigenvalue weighted by Gasteiger charge is -2.34. The first-order valence-corrected chi connectivity index (χ1v) is 12.6. The molecule has 0 unspecified atom stereocenters. The van der Waals surface area contributed by atoms with E-state index in [2.05, 4.69) is 20.7 Å². The van der Waals surface area contributed by atoms with Crippen molar-refractivity contribution in [2.75, 3.05) is 25.0 Å². The number of Topliss-reactive ketones (excluding diaryl/α,β-unsaturated/α-hetero) is 1. The number of hydrogen-bond acceptors (Lipinski definition) is 6. The summed E-state index contributed by atoms with van der Waals surface area (Å²) in [6, 6.07) is 4.15. The molecule has 2 saturated heterocycles. The van der Waals surface area contributed by atoms with E-state index in [4.69, 9.17) is 0 Å². The van der Waals surface area contributed by atoms with Crippen LogP contribution in [0.4, 0.5) is 18.9 Å².